The molecule has 2 N–H and O–H groups in total. The van der Waals surface area contributed by atoms with Crippen molar-refractivity contribution in [1.29, 1.82) is 0 Å². The Labute approximate surface area is 112 Å². The zero-order valence-electron chi connectivity index (χ0n) is 10.2. The second kappa shape index (κ2) is 4.72. The van der Waals surface area contributed by atoms with Gasteiger partial charge < -0.3 is 5.32 Å². The molecule has 1 aliphatic heterocycles. The van der Waals surface area contributed by atoms with Crippen LogP contribution in [0.5, 0.6) is 0 Å². The lowest BCUT2D eigenvalue weighted by molar-refractivity contribution is -0.124. The molecule has 1 saturated heterocycles. The summed E-state index contributed by atoms with van der Waals surface area (Å²) in [6.45, 7) is 0. The van der Waals surface area contributed by atoms with Gasteiger partial charge in [0.15, 0.2) is 5.82 Å². The van der Waals surface area contributed by atoms with Gasteiger partial charge >= 0.3 is 0 Å². The molecular weight excluding hydrogens is 265 g/mol. The number of nitrogens with zero attached hydrogens (tertiary/aromatic N) is 3. The van der Waals surface area contributed by atoms with Gasteiger partial charge in [-0.05, 0) is 18.2 Å². The fourth-order valence-corrected chi connectivity index (χ4v) is 1.99. The molecule has 7 nitrogen and oxygen atoms in total. The molecule has 0 saturated carbocycles. The van der Waals surface area contributed by atoms with Gasteiger partial charge in [0, 0.05) is 5.69 Å². The molecule has 8 heteroatoms. The zero-order valence-corrected chi connectivity index (χ0v) is 10.2. The molecule has 20 heavy (non-hydrogen) atoms. The van der Waals surface area contributed by atoms with E-state index in [2.05, 4.69) is 20.7 Å². The summed E-state index contributed by atoms with van der Waals surface area (Å²) in [6, 6.07) is 3.70. The Bertz CT molecular complexity index is 670. The second-order valence-corrected chi connectivity index (χ2v) is 4.32. The SMILES string of the molecule is O=C1CC(Nc2ccc(-n3cncn3)c(F)c2)C(=O)N1. The first-order valence-electron chi connectivity index (χ1n) is 5.88. The monoisotopic (exact) mass is 275 g/mol. The number of hydrogen-bond donors (Lipinski definition) is 2. The molecule has 2 amide bonds. The van der Waals surface area contributed by atoms with E-state index in [9.17, 15) is 14.0 Å². The van der Waals surface area contributed by atoms with Gasteiger partial charge in [0.1, 0.15) is 24.4 Å². The minimum atomic E-state index is -0.667. The number of imide groups is 1. The Kier molecular flexibility index (Phi) is 2.90. The summed E-state index contributed by atoms with van der Waals surface area (Å²) >= 11 is 0. The molecule has 1 aromatic carbocycles. The summed E-state index contributed by atoms with van der Waals surface area (Å²) in [7, 11) is 0. The van der Waals surface area contributed by atoms with Gasteiger partial charge in [-0.3, -0.25) is 14.9 Å². The molecular formula is C12H10FN5O2. The molecule has 0 radical (unpaired) electrons. The highest BCUT2D eigenvalue weighted by atomic mass is 19.1. The van der Waals surface area contributed by atoms with Crippen LogP contribution in [0.1, 0.15) is 6.42 Å². The number of rotatable bonds is 3. The molecule has 0 spiro atoms. The van der Waals surface area contributed by atoms with E-state index in [1.165, 1.54) is 29.5 Å². The van der Waals surface area contributed by atoms with Crippen molar-refractivity contribution in [3.63, 3.8) is 0 Å². The van der Waals surface area contributed by atoms with E-state index in [0.29, 0.717) is 5.69 Å². The van der Waals surface area contributed by atoms with Crippen LogP contribution in [0.3, 0.4) is 0 Å². The maximum absolute atomic E-state index is 14.0. The van der Waals surface area contributed by atoms with E-state index in [0.717, 1.165) is 0 Å². The second-order valence-electron chi connectivity index (χ2n) is 4.32. The predicted octanol–water partition coefficient (Wildman–Crippen LogP) is 0.233. The van der Waals surface area contributed by atoms with Crippen LogP contribution in [0.2, 0.25) is 0 Å². The molecule has 2 heterocycles. The van der Waals surface area contributed by atoms with Crippen molar-refractivity contribution in [2.75, 3.05) is 5.32 Å². The Hall–Kier alpha value is -2.77. The first-order valence-corrected chi connectivity index (χ1v) is 5.88. The number of halogens is 1. The van der Waals surface area contributed by atoms with Crippen molar-refractivity contribution in [3.8, 4) is 5.69 Å². The summed E-state index contributed by atoms with van der Waals surface area (Å²) in [5, 5.41) is 8.83. The Balaban J connectivity index is 1.81. The molecule has 102 valence electrons. The first kappa shape index (κ1) is 12.3. The van der Waals surface area contributed by atoms with E-state index in [4.69, 9.17) is 0 Å². The highest BCUT2D eigenvalue weighted by Gasteiger charge is 2.30. The number of anilines is 1. The number of carbonyl (C=O) groups excluding carboxylic acids is 2. The van der Waals surface area contributed by atoms with Gasteiger partial charge in [-0.15, -0.1) is 0 Å². The third-order valence-electron chi connectivity index (χ3n) is 2.92. The number of amides is 2. The fourth-order valence-electron chi connectivity index (χ4n) is 1.99. The molecule has 1 aromatic heterocycles. The molecule has 0 aliphatic carbocycles. The van der Waals surface area contributed by atoms with Crippen molar-refractivity contribution >= 4 is 17.5 Å². The summed E-state index contributed by atoms with van der Waals surface area (Å²) in [5.41, 5.74) is 0.668. The predicted molar refractivity (Wildman–Crippen MR) is 66.5 cm³/mol. The van der Waals surface area contributed by atoms with E-state index in [1.807, 2.05) is 0 Å². The summed E-state index contributed by atoms with van der Waals surface area (Å²) in [5.74, 6) is -1.26. The van der Waals surface area contributed by atoms with Crippen molar-refractivity contribution in [1.82, 2.24) is 20.1 Å². The van der Waals surface area contributed by atoms with Crippen LogP contribution in [-0.2, 0) is 9.59 Å². The van der Waals surface area contributed by atoms with Crippen LogP contribution < -0.4 is 10.6 Å². The van der Waals surface area contributed by atoms with Gasteiger partial charge in [-0.25, -0.2) is 14.1 Å². The van der Waals surface area contributed by atoms with Crippen molar-refractivity contribution in [3.05, 3.63) is 36.7 Å². The number of carbonyl (C=O) groups is 2. The normalized spacial score (nSPS) is 18.1. The van der Waals surface area contributed by atoms with Crippen LogP contribution in [0.4, 0.5) is 10.1 Å². The summed E-state index contributed by atoms with van der Waals surface area (Å²) in [4.78, 5) is 26.2. The third kappa shape index (κ3) is 2.22. The Morgan fingerprint density at radius 2 is 2.25 bits per heavy atom. The first-order chi connectivity index (χ1) is 9.63. The Morgan fingerprint density at radius 1 is 1.40 bits per heavy atom. The molecule has 2 aromatic rings. The van der Waals surface area contributed by atoms with E-state index >= 15 is 0 Å². The molecule has 1 aliphatic rings. The summed E-state index contributed by atoms with van der Waals surface area (Å²) < 4.78 is 15.3. The highest BCUT2D eigenvalue weighted by Crippen LogP contribution is 2.19. The maximum atomic E-state index is 14.0. The molecule has 1 unspecified atom stereocenters. The average Bonchev–Trinajstić information content (AvgIpc) is 3.00. The lowest BCUT2D eigenvalue weighted by Crippen LogP contribution is -2.30. The largest absolute Gasteiger partial charge is 0.373 e. The topological polar surface area (TPSA) is 88.9 Å². The van der Waals surface area contributed by atoms with Crippen LogP contribution in [0.25, 0.3) is 5.69 Å². The van der Waals surface area contributed by atoms with Crippen molar-refractivity contribution in [2.45, 2.75) is 12.5 Å². The average molecular weight is 275 g/mol. The maximum Gasteiger partial charge on any atom is 0.249 e. The minimum Gasteiger partial charge on any atom is -0.373 e. The van der Waals surface area contributed by atoms with E-state index < -0.39 is 17.8 Å². The van der Waals surface area contributed by atoms with E-state index in [1.54, 1.807) is 6.07 Å². The van der Waals surface area contributed by atoms with Crippen LogP contribution in [0.15, 0.2) is 30.9 Å². The quantitative estimate of drug-likeness (QED) is 0.783. The number of nitrogens with one attached hydrogen (secondary N) is 2. The van der Waals surface area contributed by atoms with Gasteiger partial charge in [-0.1, -0.05) is 0 Å². The number of benzene rings is 1. The number of hydrogen-bond acceptors (Lipinski definition) is 5. The smallest absolute Gasteiger partial charge is 0.249 e. The van der Waals surface area contributed by atoms with Crippen LogP contribution >= 0.6 is 0 Å². The van der Waals surface area contributed by atoms with Gasteiger partial charge in [0.2, 0.25) is 11.8 Å². The summed E-state index contributed by atoms with van der Waals surface area (Å²) in [6.07, 6.45) is 2.74. The van der Waals surface area contributed by atoms with Gasteiger partial charge in [0.25, 0.3) is 0 Å². The third-order valence-corrected chi connectivity index (χ3v) is 2.92. The van der Waals surface area contributed by atoms with Gasteiger partial charge in [0.05, 0.1) is 6.42 Å². The number of aromatic nitrogens is 3. The minimum absolute atomic E-state index is 0.0469. The van der Waals surface area contributed by atoms with Crippen LogP contribution in [-0.4, -0.2) is 32.6 Å². The zero-order chi connectivity index (χ0) is 14.1. The van der Waals surface area contributed by atoms with Crippen molar-refractivity contribution < 1.29 is 14.0 Å². The highest BCUT2D eigenvalue weighted by molar-refractivity contribution is 6.06. The molecule has 3 rings (SSSR count). The van der Waals surface area contributed by atoms with E-state index in [-0.39, 0.29) is 18.0 Å². The lowest BCUT2D eigenvalue weighted by Gasteiger charge is -2.12. The Morgan fingerprint density at radius 3 is 2.85 bits per heavy atom. The lowest BCUT2D eigenvalue weighted by atomic mass is 10.2. The molecule has 1 atom stereocenters. The fraction of sp³-hybridized carbons (Fsp3) is 0.167. The molecule has 0 bridgehead atoms. The molecule has 1 fully saturated rings. The van der Waals surface area contributed by atoms with Gasteiger partial charge in [-0.2, -0.15) is 5.10 Å². The van der Waals surface area contributed by atoms with Crippen molar-refractivity contribution in [2.24, 2.45) is 0 Å². The van der Waals surface area contributed by atoms with Crippen LogP contribution in [0, 0.1) is 5.82 Å². The standard InChI is InChI=1S/C12H10FN5O2/c13-8-3-7(16-9-4-11(19)17-12(9)20)1-2-10(8)18-6-14-5-15-18/h1-3,5-6,9,16H,4H2,(H,17,19,20).